The average Bonchev–Trinajstić information content (AvgIpc) is 3.61. The molecule has 0 saturated carbocycles. The number of aromatic nitrogens is 4. The van der Waals surface area contributed by atoms with Crippen LogP contribution in [0.25, 0.3) is 16.9 Å². The van der Waals surface area contributed by atoms with Gasteiger partial charge < -0.3 is 14.6 Å². The van der Waals surface area contributed by atoms with E-state index < -0.39 is 0 Å². The van der Waals surface area contributed by atoms with E-state index in [0.717, 1.165) is 65.2 Å². The molecular weight excluding hydrogens is 458 g/mol. The molecule has 2 aromatic heterocycles. The number of thioether (sulfide) groups is 1. The number of nitrogens with one attached hydrogen (secondary N) is 1. The minimum atomic E-state index is -0.0817. The molecule has 5 rings (SSSR count). The molecule has 1 saturated heterocycles. The molecule has 0 spiro atoms. The van der Waals surface area contributed by atoms with E-state index >= 15 is 0 Å². The van der Waals surface area contributed by atoms with Crippen LogP contribution in [0.3, 0.4) is 0 Å². The smallest absolute Gasteiger partial charge is 0.234 e. The second-order valence-corrected chi connectivity index (χ2v) is 9.61. The van der Waals surface area contributed by atoms with E-state index in [1.54, 1.807) is 0 Å². The van der Waals surface area contributed by atoms with Crippen LogP contribution < -0.4 is 5.32 Å². The lowest BCUT2D eigenvalue weighted by atomic mass is 10.1. The molecule has 2 aromatic carbocycles. The van der Waals surface area contributed by atoms with Crippen LogP contribution in [0, 0.1) is 13.8 Å². The molecule has 1 aliphatic rings. The van der Waals surface area contributed by atoms with E-state index in [1.807, 2.05) is 73.3 Å². The summed E-state index contributed by atoms with van der Waals surface area (Å²) in [7, 11) is 0. The summed E-state index contributed by atoms with van der Waals surface area (Å²) in [6.45, 7) is 5.42. The zero-order valence-corrected chi connectivity index (χ0v) is 20.8. The van der Waals surface area contributed by atoms with Crippen molar-refractivity contribution in [1.82, 2.24) is 19.3 Å². The molecule has 1 aliphatic heterocycles. The Morgan fingerprint density at radius 3 is 2.57 bits per heavy atom. The summed E-state index contributed by atoms with van der Waals surface area (Å²) in [5, 5.41) is 8.51. The molecule has 1 amide bonds. The summed E-state index contributed by atoms with van der Waals surface area (Å²) in [5.74, 6) is 0.174. The molecule has 3 heterocycles. The number of nitrogens with zero attached hydrogens (tertiary/aromatic N) is 4. The Hall–Kier alpha value is -3.36. The van der Waals surface area contributed by atoms with Crippen molar-refractivity contribution in [1.29, 1.82) is 0 Å². The first-order chi connectivity index (χ1) is 17.1. The fourth-order valence-electron chi connectivity index (χ4n) is 4.43. The molecule has 1 fully saturated rings. The second kappa shape index (κ2) is 10.5. The highest BCUT2D eigenvalue weighted by Crippen LogP contribution is 2.29. The van der Waals surface area contributed by atoms with Crippen molar-refractivity contribution in [3.8, 4) is 16.9 Å². The maximum absolute atomic E-state index is 12.9. The van der Waals surface area contributed by atoms with Crippen molar-refractivity contribution in [3.63, 3.8) is 0 Å². The summed E-state index contributed by atoms with van der Waals surface area (Å²) in [6, 6.07) is 20.2. The zero-order valence-electron chi connectivity index (χ0n) is 20.0. The SMILES string of the molecule is Cc1nn(-c2ccccc2)c(C)c1NC(=O)CSc1ncc(-c2ccccc2)n1CC1CCCO1. The summed E-state index contributed by atoms with van der Waals surface area (Å²) in [5.41, 5.74) is 5.56. The van der Waals surface area contributed by atoms with Gasteiger partial charge in [0.15, 0.2) is 5.16 Å². The van der Waals surface area contributed by atoms with Gasteiger partial charge in [-0.15, -0.1) is 0 Å². The lowest BCUT2D eigenvalue weighted by molar-refractivity contribution is -0.113. The van der Waals surface area contributed by atoms with E-state index in [4.69, 9.17) is 4.74 Å². The van der Waals surface area contributed by atoms with Gasteiger partial charge in [0.05, 0.1) is 53.1 Å². The van der Waals surface area contributed by atoms with Crippen molar-refractivity contribution in [3.05, 3.63) is 78.2 Å². The van der Waals surface area contributed by atoms with E-state index in [-0.39, 0.29) is 17.8 Å². The molecule has 0 aliphatic carbocycles. The van der Waals surface area contributed by atoms with Gasteiger partial charge in [-0.3, -0.25) is 4.79 Å². The summed E-state index contributed by atoms with van der Waals surface area (Å²) < 4.78 is 9.94. The van der Waals surface area contributed by atoms with Gasteiger partial charge in [-0.2, -0.15) is 5.10 Å². The highest BCUT2D eigenvalue weighted by atomic mass is 32.2. The summed E-state index contributed by atoms with van der Waals surface area (Å²) in [4.78, 5) is 17.6. The number of hydrogen-bond donors (Lipinski definition) is 1. The molecule has 4 aromatic rings. The number of para-hydroxylation sites is 1. The third-order valence-electron chi connectivity index (χ3n) is 6.19. The van der Waals surface area contributed by atoms with Crippen LogP contribution in [0.2, 0.25) is 0 Å². The molecular formula is C27H29N5O2S. The first-order valence-electron chi connectivity index (χ1n) is 11.9. The maximum atomic E-state index is 12.9. The van der Waals surface area contributed by atoms with Gasteiger partial charge in [0.1, 0.15) is 0 Å². The van der Waals surface area contributed by atoms with Crippen LogP contribution in [0.15, 0.2) is 72.0 Å². The number of rotatable bonds is 8. The lowest BCUT2D eigenvalue weighted by Crippen LogP contribution is -2.18. The molecule has 1 unspecified atom stereocenters. The fraction of sp³-hybridized carbons (Fsp3) is 0.296. The summed E-state index contributed by atoms with van der Waals surface area (Å²) >= 11 is 1.45. The molecule has 1 N–H and O–H groups in total. The number of aryl methyl sites for hydroxylation is 1. The first-order valence-corrected chi connectivity index (χ1v) is 12.9. The molecule has 0 bridgehead atoms. The Kier molecular flexibility index (Phi) is 7.01. The van der Waals surface area contributed by atoms with Gasteiger partial charge in [-0.05, 0) is 44.4 Å². The largest absolute Gasteiger partial charge is 0.376 e. The number of imidazole rings is 1. The quantitative estimate of drug-likeness (QED) is 0.343. The van der Waals surface area contributed by atoms with Crippen molar-refractivity contribution in [2.45, 2.75) is 44.5 Å². The minimum absolute atomic E-state index is 0.0817. The van der Waals surface area contributed by atoms with Crippen LogP contribution in [-0.2, 0) is 16.1 Å². The third kappa shape index (κ3) is 5.18. The van der Waals surface area contributed by atoms with Gasteiger partial charge in [0.25, 0.3) is 0 Å². The van der Waals surface area contributed by atoms with Crippen molar-refractivity contribution in [2.24, 2.45) is 0 Å². The predicted octanol–water partition coefficient (Wildman–Crippen LogP) is 5.26. The Labute approximate surface area is 209 Å². The molecule has 8 heteroatoms. The Morgan fingerprint density at radius 1 is 1.11 bits per heavy atom. The predicted molar refractivity (Wildman–Crippen MR) is 139 cm³/mol. The lowest BCUT2D eigenvalue weighted by Gasteiger charge is -2.16. The number of carbonyl (C=O) groups excluding carboxylic acids is 1. The van der Waals surface area contributed by atoms with E-state index in [0.29, 0.717) is 0 Å². The zero-order chi connectivity index (χ0) is 24.2. The molecule has 180 valence electrons. The Bertz CT molecular complexity index is 1290. The third-order valence-corrected chi connectivity index (χ3v) is 7.18. The second-order valence-electron chi connectivity index (χ2n) is 8.67. The van der Waals surface area contributed by atoms with Crippen LogP contribution in [-0.4, -0.2) is 43.7 Å². The van der Waals surface area contributed by atoms with Gasteiger partial charge in [0.2, 0.25) is 5.91 Å². The Balaban J connectivity index is 1.31. The average molecular weight is 488 g/mol. The number of benzene rings is 2. The van der Waals surface area contributed by atoms with Gasteiger partial charge >= 0.3 is 0 Å². The molecule has 7 nitrogen and oxygen atoms in total. The van der Waals surface area contributed by atoms with E-state index in [2.05, 4.69) is 32.1 Å². The van der Waals surface area contributed by atoms with Gasteiger partial charge in [-0.25, -0.2) is 9.67 Å². The van der Waals surface area contributed by atoms with Crippen molar-refractivity contribution in [2.75, 3.05) is 17.7 Å². The number of carbonyl (C=O) groups is 1. The number of ether oxygens (including phenoxy) is 1. The molecule has 35 heavy (non-hydrogen) atoms. The van der Waals surface area contributed by atoms with Crippen LogP contribution in [0.1, 0.15) is 24.2 Å². The number of hydrogen-bond acceptors (Lipinski definition) is 5. The Morgan fingerprint density at radius 2 is 1.86 bits per heavy atom. The van der Waals surface area contributed by atoms with E-state index in [1.165, 1.54) is 11.8 Å². The van der Waals surface area contributed by atoms with Gasteiger partial charge in [0, 0.05) is 6.61 Å². The van der Waals surface area contributed by atoms with E-state index in [9.17, 15) is 4.79 Å². The van der Waals surface area contributed by atoms with Crippen LogP contribution >= 0.6 is 11.8 Å². The highest BCUT2D eigenvalue weighted by molar-refractivity contribution is 7.99. The molecule has 0 radical (unpaired) electrons. The fourth-order valence-corrected chi connectivity index (χ4v) is 5.22. The van der Waals surface area contributed by atoms with Crippen molar-refractivity contribution < 1.29 is 9.53 Å². The van der Waals surface area contributed by atoms with Crippen molar-refractivity contribution >= 4 is 23.4 Å². The standard InChI is InChI=1S/C27H29N5O2S/c1-19-26(20(2)32(30-19)22-12-7-4-8-13-22)29-25(33)18-35-27-28-16-24(21-10-5-3-6-11-21)31(27)17-23-14-9-15-34-23/h3-8,10-13,16,23H,9,14-15,17-18H2,1-2H3,(H,29,33). The summed E-state index contributed by atoms with van der Waals surface area (Å²) in [6.07, 6.45) is 4.19. The van der Waals surface area contributed by atoms with Gasteiger partial charge in [-0.1, -0.05) is 60.3 Å². The maximum Gasteiger partial charge on any atom is 0.234 e. The number of amides is 1. The molecule has 1 atom stereocenters. The van der Waals surface area contributed by atoms with Crippen LogP contribution in [0.5, 0.6) is 0 Å². The highest BCUT2D eigenvalue weighted by Gasteiger charge is 2.22. The first kappa shape index (κ1) is 23.4. The monoisotopic (exact) mass is 487 g/mol. The topological polar surface area (TPSA) is 74.0 Å². The minimum Gasteiger partial charge on any atom is -0.376 e. The normalized spacial score (nSPS) is 15.4. The number of anilines is 1. The van der Waals surface area contributed by atoms with Crippen LogP contribution in [0.4, 0.5) is 5.69 Å².